The first kappa shape index (κ1) is 115. The van der Waals surface area contributed by atoms with Crippen LogP contribution in [0.2, 0.25) is 0 Å². The van der Waals surface area contributed by atoms with Gasteiger partial charge in [0, 0.05) is 85.0 Å². The zero-order valence-electron chi connectivity index (χ0n) is 82.3. The minimum absolute atomic E-state index is 0.0202. The smallest absolute Gasteiger partial charge is 0.309 e. The van der Waals surface area contributed by atoms with Crippen LogP contribution in [0.5, 0.6) is 0 Å². The first-order valence-electron chi connectivity index (χ1n) is 53.9. The number of hydrogen-bond acceptors (Lipinski definition) is 14. The molecule has 2 heterocycles. The number of piperazine rings is 1. The number of likely N-dealkylation sites (N-methyl/N-ethyl adjacent to an activating group) is 1. The average molecular weight is 1710 g/mol. The van der Waals surface area contributed by atoms with Gasteiger partial charge in [-0.25, -0.2) is 0 Å². The molecule has 2 rings (SSSR count). The topological polar surface area (TPSA) is 143 Å². The van der Waals surface area contributed by atoms with Gasteiger partial charge in [0.05, 0.1) is 45.1 Å². The molecular formula is C107H207N3O11. The molecule has 14 heteroatoms. The summed E-state index contributed by atoms with van der Waals surface area (Å²) >= 11 is 0. The molecule has 0 aromatic carbocycles. The molecule has 0 aromatic rings. The molecular weight excluding hydrogens is 1500 g/mol. The number of esters is 4. The third-order valence-electron chi connectivity index (χ3n) is 27.3. The molecule has 2 fully saturated rings. The van der Waals surface area contributed by atoms with Gasteiger partial charge in [0.15, 0.2) is 0 Å². The fraction of sp³-hybridized carbons (Fsp3) is 0.963. The summed E-state index contributed by atoms with van der Waals surface area (Å²) in [5.41, 5.74) is 0. The molecule has 0 radical (unpaired) electrons. The maximum atomic E-state index is 14.3. The number of carbonyl (C=O) groups is 4. The maximum absolute atomic E-state index is 14.3. The Labute approximate surface area is 751 Å². The summed E-state index contributed by atoms with van der Waals surface area (Å²) in [5.74, 6) is 2.64. The fourth-order valence-corrected chi connectivity index (χ4v) is 19.1. The number of likely N-dealkylation sites (tertiary alicyclic amines) is 1. The Bertz CT molecular complexity index is 2190. The maximum Gasteiger partial charge on any atom is 0.309 e. The predicted molar refractivity (Wildman–Crippen MR) is 514 cm³/mol. The monoisotopic (exact) mass is 1710 g/mol. The van der Waals surface area contributed by atoms with Crippen molar-refractivity contribution in [1.29, 1.82) is 0 Å². The lowest BCUT2D eigenvalue weighted by Crippen LogP contribution is -2.44. The van der Waals surface area contributed by atoms with Crippen LogP contribution in [-0.2, 0) is 52.3 Å². The van der Waals surface area contributed by atoms with Gasteiger partial charge >= 0.3 is 23.9 Å². The Balaban J connectivity index is 1.64. The molecule has 0 aromatic heterocycles. The van der Waals surface area contributed by atoms with Gasteiger partial charge in [-0.2, -0.15) is 0 Å². The zero-order valence-corrected chi connectivity index (χ0v) is 82.3. The quantitative estimate of drug-likeness (QED) is 0.0324. The minimum Gasteiger partial charge on any atom is -0.466 e. The predicted octanol–water partition coefficient (Wildman–Crippen LogP) is 29.5. The van der Waals surface area contributed by atoms with E-state index in [1.807, 2.05) is 0 Å². The first-order chi connectivity index (χ1) is 59.4. The SMILES string of the molecule is CCCCCC(CCCCC)CC(=O)OCCCCCCCCCCCOC(COCCCCCCCCCCCOC(=O)CC(CCCCC)CCCC(C)C(C(=O)OCCCCCCCCCCC(CCCCCCCCCCOC(=O)CC(CCCC)CCCC)COCCCN1CCN(C)CC1)C(CCCC)CCCC)CN1CCCC1. The van der Waals surface area contributed by atoms with E-state index in [0.29, 0.717) is 81.9 Å². The standard InChI is InChI=1S/C107H207N3O11/c1-10-17-50-68-98(69-51-18-11-2)91-104(112)119-87-59-47-39-31-25-29-37-45-58-85-117-102(93-110-76-55-56-77-110)95-116-83-57-44-36-28-24-30-38-46-60-88-120-105(113)92-99(70-52-19-12-3)73-63-65-96(8)106(101(74-22-15-6)75-23-16-7)107(114)121-89-62-49-41-33-27-35-43-54-72-100(94-115-84-64-78-109-81-79-108(9)80-82-109)71-53-42-34-26-32-40-48-61-86-118-103(111)90-97(66-20-13-4)67-21-14-5/h96-102,106H,10-95H2,1-9H3. The fourth-order valence-electron chi connectivity index (χ4n) is 19.1. The van der Waals surface area contributed by atoms with E-state index in [4.69, 9.17) is 33.2 Å². The summed E-state index contributed by atoms with van der Waals surface area (Å²) in [6.07, 6.45) is 80.9. The molecule has 5 unspecified atom stereocenters. The molecule has 716 valence electrons. The molecule has 0 aliphatic carbocycles. The Morgan fingerprint density at radius 2 is 0.595 bits per heavy atom. The second kappa shape index (κ2) is 87.0. The molecule has 0 spiro atoms. The van der Waals surface area contributed by atoms with Gasteiger partial charge in [-0.05, 0) is 184 Å². The van der Waals surface area contributed by atoms with E-state index in [-0.39, 0.29) is 41.8 Å². The summed E-state index contributed by atoms with van der Waals surface area (Å²) in [5, 5.41) is 0. The molecule has 0 bridgehead atoms. The molecule has 2 saturated heterocycles. The van der Waals surface area contributed by atoms with Crippen LogP contribution in [0.4, 0.5) is 0 Å². The second-order valence-electron chi connectivity index (χ2n) is 38.9. The molecule has 5 atom stereocenters. The van der Waals surface area contributed by atoms with E-state index in [1.165, 1.54) is 309 Å². The van der Waals surface area contributed by atoms with Crippen molar-refractivity contribution in [2.24, 2.45) is 41.4 Å². The minimum atomic E-state index is -0.0594. The van der Waals surface area contributed by atoms with Crippen molar-refractivity contribution < 1.29 is 52.3 Å². The number of nitrogens with zero attached hydrogens (tertiary/aromatic N) is 3. The van der Waals surface area contributed by atoms with Crippen LogP contribution in [0.15, 0.2) is 0 Å². The van der Waals surface area contributed by atoms with E-state index in [2.05, 4.69) is 77.1 Å². The third kappa shape index (κ3) is 71.2. The van der Waals surface area contributed by atoms with Crippen LogP contribution in [0.3, 0.4) is 0 Å². The third-order valence-corrected chi connectivity index (χ3v) is 27.3. The summed E-state index contributed by atoms with van der Waals surface area (Å²) < 4.78 is 42.7. The Hall–Kier alpha value is -2.36. The number of ether oxygens (including phenoxy) is 7. The van der Waals surface area contributed by atoms with Crippen molar-refractivity contribution in [2.75, 3.05) is 119 Å². The van der Waals surface area contributed by atoms with Gasteiger partial charge in [0.25, 0.3) is 0 Å². The highest BCUT2D eigenvalue weighted by Crippen LogP contribution is 2.36. The second-order valence-corrected chi connectivity index (χ2v) is 38.9. The lowest BCUT2D eigenvalue weighted by atomic mass is 9.75. The highest BCUT2D eigenvalue weighted by molar-refractivity contribution is 5.73. The van der Waals surface area contributed by atoms with Crippen LogP contribution in [0, 0.1) is 41.4 Å². The van der Waals surface area contributed by atoms with E-state index >= 15 is 0 Å². The highest BCUT2D eigenvalue weighted by Gasteiger charge is 2.34. The average Bonchev–Trinajstić information content (AvgIpc) is 1.06. The molecule has 0 N–H and O–H groups in total. The molecule has 0 amide bonds. The van der Waals surface area contributed by atoms with Crippen molar-refractivity contribution >= 4 is 23.9 Å². The van der Waals surface area contributed by atoms with E-state index in [0.717, 1.165) is 194 Å². The number of unbranched alkanes of at least 4 members (excludes halogenated alkanes) is 40. The summed E-state index contributed by atoms with van der Waals surface area (Å²) in [7, 11) is 2.23. The number of hydrogen-bond donors (Lipinski definition) is 0. The Kier molecular flexibility index (Phi) is 82.5. The van der Waals surface area contributed by atoms with Crippen molar-refractivity contribution in [3.05, 3.63) is 0 Å². The normalized spacial score (nSPS) is 15.0. The van der Waals surface area contributed by atoms with Crippen LogP contribution in [0.1, 0.15) is 498 Å². The van der Waals surface area contributed by atoms with E-state index in [9.17, 15) is 19.2 Å². The summed E-state index contributed by atoms with van der Waals surface area (Å²) in [6.45, 7) is 33.8. The molecule has 0 saturated carbocycles. The van der Waals surface area contributed by atoms with Gasteiger partial charge < -0.3 is 47.9 Å². The van der Waals surface area contributed by atoms with Gasteiger partial charge in [0.2, 0.25) is 0 Å². The zero-order chi connectivity index (χ0) is 87.4. The molecule has 14 nitrogen and oxygen atoms in total. The van der Waals surface area contributed by atoms with Gasteiger partial charge in [-0.3, -0.25) is 19.2 Å². The Morgan fingerprint density at radius 1 is 0.281 bits per heavy atom. The summed E-state index contributed by atoms with van der Waals surface area (Å²) in [6, 6.07) is 0. The van der Waals surface area contributed by atoms with Crippen LogP contribution in [0.25, 0.3) is 0 Å². The first-order valence-corrected chi connectivity index (χ1v) is 53.9. The summed E-state index contributed by atoms with van der Waals surface area (Å²) in [4.78, 5) is 60.5. The van der Waals surface area contributed by atoms with E-state index < -0.39 is 0 Å². The van der Waals surface area contributed by atoms with Crippen molar-refractivity contribution in [2.45, 2.75) is 505 Å². The number of carbonyl (C=O) groups excluding carboxylic acids is 4. The van der Waals surface area contributed by atoms with E-state index in [1.54, 1.807) is 0 Å². The van der Waals surface area contributed by atoms with Crippen LogP contribution in [-0.4, -0.2) is 164 Å². The molecule has 2 aliphatic heterocycles. The van der Waals surface area contributed by atoms with Gasteiger partial charge in [0.1, 0.15) is 0 Å². The lowest BCUT2D eigenvalue weighted by Gasteiger charge is -2.32. The Morgan fingerprint density at radius 3 is 1.00 bits per heavy atom. The van der Waals surface area contributed by atoms with Crippen molar-refractivity contribution in [1.82, 2.24) is 14.7 Å². The molecule has 121 heavy (non-hydrogen) atoms. The van der Waals surface area contributed by atoms with Crippen LogP contribution >= 0.6 is 0 Å². The lowest BCUT2D eigenvalue weighted by molar-refractivity contribution is -0.153. The van der Waals surface area contributed by atoms with Crippen LogP contribution < -0.4 is 0 Å². The van der Waals surface area contributed by atoms with Crippen molar-refractivity contribution in [3.63, 3.8) is 0 Å². The molecule has 2 aliphatic rings. The highest BCUT2D eigenvalue weighted by atomic mass is 16.5. The van der Waals surface area contributed by atoms with Crippen molar-refractivity contribution in [3.8, 4) is 0 Å². The largest absolute Gasteiger partial charge is 0.466 e. The number of rotatable bonds is 94. The van der Waals surface area contributed by atoms with Gasteiger partial charge in [-0.1, -0.05) is 351 Å². The van der Waals surface area contributed by atoms with Gasteiger partial charge in [-0.15, -0.1) is 0 Å².